The van der Waals surface area contributed by atoms with Gasteiger partial charge in [0.2, 0.25) is 0 Å². The summed E-state index contributed by atoms with van der Waals surface area (Å²) < 4.78 is 0. The Bertz CT molecular complexity index is 1100. The van der Waals surface area contributed by atoms with Crippen molar-refractivity contribution in [2.24, 2.45) is 0 Å². The minimum Gasteiger partial charge on any atom is -0.258 e. The Kier molecular flexibility index (Phi) is 7.41. The van der Waals surface area contributed by atoms with Crippen LogP contribution in [0.25, 0.3) is 0 Å². The average molecular weight is 452 g/mol. The van der Waals surface area contributed by atoms with Crippen LogP contribution in [0.2, 0.25) is 0 Å². The molecule has 33 heavy (non-hydrogen) atoms. The van der Waals surface area contributed by atoms with Crippen LogP contribution in [0, 0.1) is 0 Å². The zero-order chi connectivity index (χ0) is 23.2. The summed E-state index contributed by atoms with van der Waals surface area (Å²) in [7, 11) is 0.864. The highest BCUT2D eigenvalue weighted by Gasteiger charge is 2.30. The first kappa shape index (κ1) is 23.4. The number of hydrogen-bond donors (Lipinski definition) is 0. The van der Waals surface area contributed by atoms with Gasteiger partial charge in [-0.2, -0.15) is 0 Å². The van der Waals surface area contributed by atoms with Crippen LogP contribution in [0.1, 0.15) is 48.8 Å². The maximum absolute atomic E-state index is 5.21. The van der Waals surface area contributed by atoms with Gasteiger partial charge in [0.1, 0.15) is 0 Å². The summed E-state index contributed by atoms with van der Waals surface area (Å²) in [6.45, 7) is 7.03. The molecule has 4 aromatic rings. The average Bonchev–Trinajstić information content (AvgIpc) is 2.86. The van der Waals surface area contributed by atoms with E-state index in [-0.39, 0.29) is 10.6 Å². The molecule has 0 fully saturated rings. The third kappa shape index (κ3) is 5.43. The first-order chi connectivity index (χ1) is 16.0. The Morgan fingerprint density at radius 1 is 0.576 bits per heavy atom. The second kappa shape index (κ2) is 10.4. The molecule has 3 aromatic carbocycles. The van der Waals surface area contributed by atoms with E-state index in [0.29, 0.717) is 0 Å². The maximum atomic E-state index is 5.21. The first-order valence-electron chi connectivity index (χ1n) is 11.9. The molecule has 0 aliphatic carbocycles. The predicted octanol–water partition coefficient (Wildman–Crippen LogP) is 7.79. The SMILES string of the molecule is CCPC(C)(Cc1cccc(CC(C)(c2ccccc2)c2ccccc2)n1)c1ccccc1. The number of rotatable bonds is 9. The molecule has 0 N–H and O–H groups in total. The monoisotopic (exact) mass is 451 g/mol. The molecule has 0 amide bonds. The lowest BCUT2D eigenvalue weighted by Gasteiger charge is -2.32. The van der Waals surface area contributed by atoms with Crippen LogP contribution in [0.15, 0.2) is 109 Å². The highest BCUT2D eigenvalue weighted by atomic mass is 31.1. The van der Waals surface area contributed by atoms with Gasteiger partial charge < -0.3 is 0 Å². The summed E-state index contributed by atoms with van der Waals surface area (Å²) in [6, 6.07) is 39.2. The van der Waals surface area contributed by atoms with Crippen molar-refractivity contribution in [3.05, 3.63) is 137 Å². The summed E-state index contributed by atoms with van der Waals surface area (Å²) in [6.07, 6.45) is 3.02. The lowest BCUT2D eigenvalue weighted by Crippen LogP contribution is -2.27. The number of nitrogens with zero attached hydrogens (tertiary/aromatic N) is 1. The van der Waals surface area contributed by atoms with Crippen molar-refractivity contribution in [1.82, 2.24) is 4.98 Å². The van der Waals surface area contributed by atoms with E-state index >= 15 is 0 Å². The van der Waals surface area contributed by atoms with Gasteiger partial charge in [-0.15, -0.1) is 8.58 Å². The van der Waals surface area contributed by atoms with E-state index in [0.717, 1.165) is 27.1 Å². The highest BCUT2D eigenvalue weighted by Crippen LogP contribution is 2.43. The third-order valence-corrected chi connectivity index (χ3v) is 8.33. The molecule has 0 aliphatic rings. The van der Waals surface area contributed by atoms with Gasteiger partial charge in [0.25, 0.3) is 0 Å². The number of aromatic nitrogens is 1. The molecule has 168 valence electrons. The van der Waals surface area contributed by atoms with E-state index in [4.69, 9.17) is 4.98 Å². The van der Waals surface area contributed by atoms with Gasteiger partial charge >= 0.3 is 0 Å². The van der Waals surface area contributed by atoms with Crippen molar-refractivity contribution in [2.75, 3.05) is 6.16 Å². The van der Waals surface area contributed by atoms with Crippen LogP contribution in [-0.2, 0) is 23.4 Å². The fraction of sp³-hybridized carbons (Fsp3) is 0.258. The molecule has 1 nitrogen and oxygen atoms in total. The summed E-state index contributed by atoms with van der Waals surface area (Å²) in [5, 5.41) is 0.115. The molecule has 4 rings (SSSR count). The third-order valence-electron chi connectivity index (χ3n) is 6.73. The Hall–Kier alpha value is -2.76. The van der Waals surface area contributed by atoms with E-state index in [2.05, 4.69) is 130 Å². The number of pyridine rings is 1. The number of hydrogen-bond acceptors (Lipinski definition) is 1. The van der Waals surface area contributed by atoms with Crippen molar-refractivity contribution in [3.8, 4) is 0 Å². The van der Waals surface area contributed by atoms with Crippen LogP contribution in [0.5, 0.6) is 0 Å². The molecule has 1 aromatic heterocycles. The van der Waals surface area contributed by atoms with E-state index in [1.54, 1.807) is 0 Å². The minimum absolute atomic E-state index is 0.115. The lowest BCUT2D eigenvalue weighted by molar-refractivity contribution is 0.555. The second-order valence-electron chi connectivity index (χ2n) is 9.27. The van der Waals surface area contributed by atoms with E-state index in [9.17, 15) is 0 Å². The van der Waals surface area contributed by atoms with Crippen LogP contribution < -0.4 is 0 Å². The first-order valence-corrected chi connectivity index (χ1v) is 13.1. The fourth-order valence-corrected chi connectivity index (χ4v) is 6.35. The Labute approximate surface area is 201 Å². The quantitative estimate of drug-likeness (QED) is 0.237. The van der Waals surface area contributed by atoms with Crippen LogP contribution in [-0.4, -0.2) is 11.1 Å². The molecule has 0 spiro atoms. The molecule has 1 heterocycles. The Balaban J connectivity index is 1.66. The predicted molar refractivity (Wildman–Crippen MR) is 144 cm³/mol. The summed E-state index contributed by atoms with van der Waals surface area (Å²) in [5.41, 5.74) is 6.26. The Morgan fingerprint density at radius 3 is 1.52 bits per heavy atom. The fourth-order valence-electron chi connectivity index (χ4n) is 4.90. The van der Waals surface area contributed by atoms with Gasteiger partial charge in [-0.25, -0.2) is 0 Å². The second-order valence-corrected chi connectivity index (χ2v) is 11.4. The van der Waals surface area contributed by atoms with E-state index < -0.39 is 0 Å². The van der Waals surface area contributed by atoms with Crippen LogP contribution >= 0.6 is 8.58 Å². The van der Waals surface area contributed by atoms with E-state index in [1.807, 2.05) is 0 Å². The highest BCUT2D eigenvalue weighted by molar-refractivity contribution is 7.39. The van der Waals surface area contributed by atoms with Crippen LogP contribution in [0.4, 0.5) is 0 Å². The van der Waals surface area contributed by atoms with Gasteiger partial charge in [-0.05, 0) is 35.0 Å². The molecular formula is C31H34NP. The van der Waals surface area contributed by atoms with Gasteiger partial charge in [0.15, 0.2) is 0 Å². The Morgan fingerprint density at radius 2 is 1.03 bits per heavy atom. The minimum atomic E-state index is -0.137. The lowest BCUT2D eigenvalue weighted by atomic mass is 9.73. The van der Waals surface area contributed by atoms with Gasteiger partial charge in [-0.1, -0.05) is 118 Å². The van der Waals surface area contributed by atoms with Crippen molar-refractivity contribution < 1.29 is 0 Å². The molecular weight excluding hydrogens is 417 g/mol. The summed E-state index contributed by atoms with van der Waals surface area (Å²) in [5.74, 6) is 0. The molecule has 0 aliphatic heterocycles. The van der Waals surface area contributed by atoms with Gasteiger partial charge in [0, 0.05) is 34.8 Å². The topological polar surface area (TPSA) is 12.9 Å². The van der Waals surface area contributed by atoms with Crippen molar-refractivity contribution in [3.63, 3.8) is 0 Å². The molecule has 0 radical (unpaired) electrons. The van der Waals surface area contributed by atoms with Crippen molar-refractivity contribution in [1.29, 1.82) is 0 Å². The molecule has 2 heteroatoms. The van der Waals surface area contributed by atoms with E-state index in [1.165, 1.54) is 28.5 Å². The van der Waals surface area contributed by atoms with Gasteiger partial charge in [0.05, 0.1) is 0 Å². The maximum Gasteiger partial charge on any atom is 0.0419 e. The standard InChI is InChI=1S/C31H34NP/c1-4-33-31(3,27-19-12-7-13-20-27)24-29-22-14-21-28(32-29)23-30(2,25-15-8-5-9-16-25)26-17-10-6-11-18-26/h5-22,33H,4,23-24H2,1-3H3. The zero-order valence-corrected chi connectivity index (χ0v) is 21.0. The normalized spacial score (nSPS) is 13.8. The molecule has 0 bridgehead atoms. The van der Waals surface area contributed by atoms with Crippen LogP contribution in [0.3, 0.4) is 0 Å². The molecule has 2 atom stereocenters. The molecule has 0 saturated carbocycles. The summed E-state index contributed by atoms with van der Waals surface area (Å²) in [4.78, 5) is 5.21. The zero-order valence-electron chi connectivity index (χ0n) is 20.0. The van der Waals surface area contributed by atoms with Gasteiger partial charge in [-0.3, -0.25) is 4.98 Å². The van der Waals surface area contributed by atoms with Crippen molar-refractivity contribution in [2.45, 2.75) is 44.2 Å². The smallest absolute Gasteiger partial charge is 0.0419 e. The number of benzene rings is 3. The largest absolute Gasteiger partial charge is 0.258 e. The summed E-state index contributed by atoms with van der Waals surface area (Å²) >= 11 is 0. The van der Waals surface area contributed by atoms with Crippen molar-refractivity contribution >= 4 is 8.58 Å². The molecule has 2 unspecified atom stereocenters. The molecule has 0 saturated heterocycles.